The highest BCUT2D eigenvalue weighted by Gasteiger charge is 2.52. The van der Waals surface area contributed by atoms with Crippen molar-refractivity contribution in [2.24, 2.45) is 0 Å². The second kappa shape index (κ2) is 11.9. The Morgan fingerprint density at radius 2 is 1.57 bits per heavy atom. The Hall–Kier alpha value is -4.26. The van der Waals surface area contributed by atoms with E-state index in [1.807, 2.05) is 83.4 Å². The molecular formula is C35H39N3O4. The van der Waals surface area contributed by atoms with E-state index in [1.165, 1.54) is 19.3 Å². The van der Waals surface area contributed by atoms with Crippen molar-refractivity contribution in [3.63, 3.8) is 0 Å². The molecule has 2 aliphatic rings. The van der Waals surface area contributed by atoms with Crippen LogP contribution in [0.3, 0.4) is 0 Å². The fraction of sp³-hybridized carbons (Fsp3) is 0.371. The van der Waals surface area contributed by atoms with Gasteiger partial charge in [0.2, 0.25) is 0 Å². The smallest absolute Gasteiger partial charge is 0.272 e. The summed E-state index contributed by atoms with van der Waals surface area (Å²) >= 11 is 0. The van der Waals surface area contributed by atoms with E-state index < -0.39 is 5.54 Å². The van der Waals surface area contributed by atoms with Gasteiger partial charge in [0.25, 0.3) is 11.8 Å². The molecule has 2 amide bonds. The minimum absolute atomic E-state index is 0.0788. The van der Waals surface area contributed by atoms with Gasteiger partial charge in [-0.1, -0.05) is 74.6 Å². The third-order valence-electron chi connectivity index (χ3n) is 8.97. The number of nitrogens with zero attached hydrogens (tertiary/aromatic N) is 2. The Balaban J connectivity index is 1.52. The Bertz CT molecular complexity index is 1570. The van der Waals surface area contributed by atoms with Gasteiger partial charge in [-0.2, -0.15) is 0 Å². The van der Waals surface area contributed by atoms with Crippen LogP contribution >= 0.6 is 0 Å². The number of nitrogens with one attached hydrogen (secondary N) is 1. The highest BCUT2D eigenvalue weighted by Crippen LogP contribution is 2.41. The summed E-state index contributed by atoms with van der Waals surface area (Å²) in [4.78, 5) is 31.3. The molecule has 0 unspecified atom stereocenters. The molecule has 7 nitrogen and oxygen atoms in total. The highest BCUT2D eigenvalue weighted by molar-refractivity contribution is 6.04. The van der Waals surface area contributed by atoms with E-state index in [0.29, 0.717) is 17.2 Å². The van der Waals surface area contributed by atoms with Gasteiger partial charge in [-0.05, 0) is 54.3 Å². The molecule has 1 aliphatic carbocycles. The second-order valence-electron chi connectivity index (χ2n) is 11.5. The SMILES string of the molecule is COc1cccc(CN2C(=O)c3cc4ccc(OC)cc4n3C[C@]2(C(=O)NC2CCCCCCC2)c2ccccc2)c1. The molecule has 218 valence electrons. The van der Waals surface area contributed by atoms with Crippen molar-refractivity contribution in [3.05, 3.63) is 95.7 Å². The molecule has 7 heteroatoms. The average molecular weight is 566 g/mol. The predicted molar refractivity (Wildman–Crippen MR) is 164 cm³/mol. The third kappa shape index (κ3) is 5.13. The molecule has 4 aromatic rings. The number of hydrogen-bond acceptors (Lipinski definition) is 4. The van der Waals surface area contributed by atoms with Gasteiger partial charge in [-0.25, -0.2) is 0 Å². The first-order valence-corrected chi connectivity index (χ1v) is 15.0. The van der Waals surface area contributed by atoms with Crippen LogP contribution in [0.2, 0.25) is 0 Å². The number of fused-ring (bicyclic) bond motifs is 3. The number of amides is 2. The van der Waals surface area contributed by atoms with Crippen LogP contribution in [-0.4, -0.2) is 41.5 Å². The van der Waals surface area contributed by atoms with Gasteiger partial charge in [0.05, 0.1) is 26.3 Å². The topological polar surface area (TPSA) is 72.8 Å². The minimum atomic E-state index is -1.27. The van der Waals surface area contributed by atoms with Crippen molar-refractivity contribution in [2.45, 2.75) is 69.6 Å². The average Bonchev–Trinajstić information content (AvgIpc) is 3.38. The molecule has 1 N–H and O–H groups in total. The van der Waals surface area contributed by atoms with Gasteiger partial charge in [0.15, 0.2) is 5.54 Å². The molecule has 1 fully saturated rings. The second-order valence-corrected chi connectivity index (χ2v) is 11.5. The van der Waals surface area contributed by atoms with E-state index in [-0.39, 0.29) is 30.9 Å². The van der Waals surface area contributed by atoms with E-state index in [9.17, 15) is 9.59 Å². The summed E-state index contributed by atoms with van der Waals surface area (Å²) in [6, 6.07) is 25.3. The zero-order valence-corrected chi connectivity index (χ0v) is 24.5. The van der Waals surface area contributed by atoms with Crippen molar-refractivity contribution in [2.75, 3.05) is 14.2 Å². The van der Waals surface area contributed by atoms with Gasteiger partial charge in [0, 0.05) is 24.0 Å². The molecule has 0 radical (unpaired) electrons. The zero-order chi connectivity index (χ0) is 29.1. The zero-order valence-electron chi connectivity index (χ0n) is 24.5. The first kappa shape index (κ1) is 27.9. The Morgan fingerprint density at radius 1 is 0.857 bits per heavy atom. The fourth-order valence-electron chi connectivity index (χ4n) is 6.69. The number of rotatable bonds is 7. The standard InChI is InChI=1S/C35H39N3O4/c1-41-29-17-11-12-25(20-29)23-38-33(39)32-21-26-18-19-30(42-2)22-31(26)37(32)24-35(38,27-13-7-6-8-14-27)34(40)36-28-15-9-4-3-5-10-16-28/h6-8,11-14,17-22,28H,3-5,9-10,15-16,23-24H2,1-2H3,(H,36,40)/t35-/m1/s1. The van der Waals surface area contributed by atoms with E-state index in [1.54, 1.807) is 19.1 Å². The Kier molecular flexibility index (Phi) is 7.92. The first-order valence-electron chi connectivity index (χ1n) is 15.0. The largest absolute Gasteiger partial charge is 0.497 e. The summed E-state index contributed by atoms with van der Waals surface area (Å²) in [5.41, 5.74) is 1.85. The molecule has 42 heavy (non-hydrogen) atoms. The summed E-state index contributed by atoms with van der Waals surface area (Å²) in [7, 11) is 3.27. The monoisotopic (exact) mass is 565 g/mol. The molecule has 0 spiro atoms. The lowest BCUT2D eigenvalue weighted by Gasteiger charge is -2.47. The number of carbonyl (C=O) groups is 2. The highest BCUT2D eigenvalue weighted by atomic mass is 16.5. The number of benzene rings is 3. The Morgan fingerprint density at radius 3 is 2.31 bits per heavy atom. The van der Waals surface area contributed by atoms with E-state index in [4.69, 9.17) is 9.47 Å². The van der Waals surface area contributed by atoms with E-state index >= 15 is 0 Å². The maximum atomic E-state index is 14.9. The fourth-order valence-corrected chi connectivity index (χ4v) is 6.69. The van der Waals surface area contributed by atoms with Crippen LogP contribution in [0.25, 0.3) is 10.9 Å². The lowest BCUT2D eigenvalue weighted by Crippen LogP contribution is -2.64. The van der Waals surface area contributed by atoms with Crippen LogP contribution in [0.5, 0.6) is 11.5 Å². The minimum Gasteiger partial charge on any atom is -0.497 e. The lowest BCUT2D eigenvalue weighted by atomic mass is 9.83. The maximum Gasteiger partial charge on any atom is 0.272 e. The maximum absolute atomic E-state index is 14.9. The van der Waals surface area contributed by atoms with Crippen LogP contribution in [0.4, 0.5) is 0 Å². The summed E-state index contributed by atoms with van der Waals surface area (Å²) in [5, 5.41) is 4.39. The van der Waals surface area contributed by atoms with Crippen molar-refractivity contribution in [1.82, 2.24) is 14.8 Å². The molecule has 1 atom stereocenters. The molecule has 6 rings (SSSR count). The number of aromatic nitrogens is 1. The van der Waals surface area contributed by atoms with Crippen LogP contribution < -0.4 is 14.8 Å². The predicted octanol–water partition coefficient (Wildman–Crippen LogP) is 6.44. The number of methoxy groups -OCH3 is 2. The number of hydrogen-bond donors (Lipinski definition) is 1. The molecule has 0 saturated heterocycles. The molecular weight excluding hydrogens is 526 g/mol. The molecule has 1 aliphatic heterocycles. The number of carbonyl (C=O) groups excluding carboxylic acids is 2. The first-order chi connectivity index (χ1) is 20.5. The molecule has 3 aromatic carbocycles. The summed E-state index contributed by atoms with van der Waals surface area (Å²) < 4.78 is 13.0. The molecule has 0 bridgehead atoms. The van der Waals surface area contributed by atoms with Crippen molar-refractivity contribution >= 4 is 22.7 Å². The molecule has 1 saturated carbocycles. The van der Waals surface area contributed by atoms with E-state index in [0.717, 1.165) is 47.7 Å². The summed E-state index contributed by atoms with van der Waals surface area (Å²) in [6.07, 6.45) is 7.74. The quantitative estimate of drug-likeness (QED) is 0.280. The van der Waals surface area contributed by atoms with Gasteiger partial charge >= 0.3 is 0 Å². The van der Waals surface area contributed by atoms with Crippen LogP contribution in [0, 0.1) is 0 Å². The molecule has 2 heterocycles. The molecule has 1 aromatic heterocycles. The van der Waals surface area contributed by atoms with Crippen molar-refractivity contribution < 1.29 is 19.1 Å². The van der Waals surface area contributed by atoms with Gasteiger partial charge in [-0.15, -0.1) is 0 Å². The lowest BCUT2D eigenvalue weighted by molar-refractivity contribution is -0.136. The van der Waals surface area contributed by atoms with Crippen LogP contribution in [-0.2, 0) is 23.4 Å². The summed E-state index contributed by atoms with van der Waals surface area (Å²) in [5.74, 6) is 1.10. The van der Waals surface area contributed by atoms with Crippen LogP contribution in [0.15, 0.2) is 78.9 Å². The Labute approximate surface area is 247 Å². The normalized spacial score (nSPS) is 19.6. The van der Waals surface area contributed by atoms with Gasteiger partial charge in [-0.3, -0.25) is 9.59 Å². The van der Waals surface area contributed by atoms with Gasteiger partial charge < -0.3 is 24.3 Å². The number of ether oxygens (including phenoxy) is 2. The van der Waals surface area contributed by atoms with Crippen LogP contribution in [0.1, 0.15) is 66.6 Å². The third-order valence-corrected chi connectivity index (χ3v) is 8.97. The van der Waals surface area contributed by atoms with E-state index in [2.05, 4.69) is 5.32 Å². The summed E-state index contributed by atoms with van der Waals surface area (Å²) in [6.45, 7) is 0.547. The van der Waals surface area contributed by atoms with Crippen molar-refractivity contribution in [1.29, 1.82) is 0 Å². The van der Waals surface area contributed by atoms with Crippen molar-refractivity contribution in [3.8, 4) is 11.5 Å². The van der Waals surface area contributed by atoms with Gasteiger partial charge in [0.1, 0.15) is 17.2 Å².